The molecule has 1 amide bonds. The molecule has 4 aromatic rings. The second-order valence-corrected chi connectivity index (χ2v) is 6.77. The van der Waals surface area contributed by atoms with Crippen LogP contribution in [0.15, 0.2) is 66.0 Å². The summed E-state index contributed by atoms with van der Waals surface area (Å²) < 4.78 is 1.86. The quantitative estimate of drug-likeness (QED) is 0.416. The second kappa shape index (κ2) is 8.99. The topological polar surface area (TPSA) is 130 Å². The van der Waals surface area contributed by atoms with Gasteiger partial charge < -0.3 is 20.2 Å². The molecule has 0 spiro atoms. The molecular weight excluding hydrogens is 396 g/mol. The van der Waals surface area contributed by atoms with Crippen molar-refractivity contribution in [3.8, 4) is 11.5 Å². The number of hydrogen-bond donors (Lipinski definition) is 3. The third-order valence-corrected chi connectivity index (χ3v) is 4.65. The van der Waals surface area contributed by atoms with Crippen LogP contribution in [-0.2, 0) is 20.1 Å². The zero-order valence-corrected chi connectivity index (χ0v) is 16.7. The molecule has 0 unspecified atom stereocenters. The smallest absolute Gasteiger partial charge is 0.251 e. The number of hydrogen-bond acceptors (Lipinski definition) is 7. The molecule has 0 atom stereocenters. The summed E-state index contributed by atoms with van der Waals surface area (Å²) >= 11 is 0. The highest BCUT2D eigenvalue weighted by Crippen LogP contribution is 2.15. The minimum Gasteiger partial charge on any atom is -0.378 e. The Labute approximate surface area is 177 Å². The zero-order valence-electron chi connectivity index (χ0n) is 16.7. The van der Waals surface area contributed by atoms with Gasteiger partial charge in [-0.2, -0.15) is 0 Å². The number of rotatable bonds is 7. The third kappa shape index (κ3) is 4.81. The molecule has 0 aliphatic rings. The number of nitrogens with one attached hydrogen (secondary N) is 3. The summed E-state index contributed by atoms with van der Waals surface area (Å²) in [6.45, 7) is 0.745. The van der Waals surface area contributed by atoms with Gasteiger partial charge >= 0.3 is 0 Å². The minimum absolute atomic E-state index is 0.180. The van der Waals surface area contributed by atoms with Crippen molar-refractivity contribution in [3.05, 3.63) is 88.5 Å². The highest BCUT2D eigenvalue weighted by molar-refractivity contribution is 5.95. The van der Waals surface area contributed by atoms with Crippen LogP contribution in [0.25, 0.3) is 11.5 Å². The highest BCUT2D eigenvalue weighted by atomic mass is 16.1. The van der Waals surface area contributed by atoms with E-state index in [2.05, 4.69) is 35.8 Å². The Morgan fingerprint density at radius 1 is 1.13 bits per heavy atom. The summed E-state index contributed by atoms with van der Waals surface area (Å²) in [5.41, 5.74) is 2.62. The molecule has 4 rings (SSSR count). The van der Waals surface area contributed by atoms with Crippen molar-refractivity contribution in [1.29, 1.82) is 0 Å². The predicted octanol–water partition coefficient (Wildman–Crippen LogP) is 1.50. The van der Waals surface area contributed by atoms with Gasteiger partial charge in [0.25, 0.3) is 5.91 Å². The van der Waals surface area contributed by atoms with Crippen LogP contribution in [0.4, 0.5) is 5.69 Å². The standard InChI is InChI=1S/C21H20N8O2/c1-29-18(27-28-20(29)17-7-8-22-13-26-17)12-23-16-4-2-3-15(9-16)21(31)25-11-14-5-6-19(30)24-10-14/h2-10,13,23H,11-12H2,1H3,(H,24,30)(H,25,31). The molecule has 0 aliphatic carbocycles. The molecule has 0 aliphatic heterocycles. The summed E-state index contributed by atoms with van der Waals surface area (Å²) in [6, 6.07) is 12.1. The monoisotopic (exact) mass is 416 g/mol. The van der Waals surface area contributed by atoms with Crippen LogP contribution < -0.4 is 16.2 Å². The first-order valence-corrected chi connectivity index (χ1v) is 9.54. The lowest BCUT2D eigenvalue weighted by Crippen LogP contribution is -2.23. The molecule has 0 saturated heterocycles. The van der Waals surface area contributed by atoms with Crippen molar-refractivity contribution in [3.63, 3.8) is 0 Å². The van der Waals surface area contributed by atoms with Crippen LogP contribution in [0.5, 0.6) is 0 Å². The molecule has 3 aromatic heterocycles. The van der Waals surface area contributed by atoms with E-state index < -0.39 is 0 Å². The average molecular weight is 416 g/mol. The molecule has 10 heteroatoms. The van der Waals surface area contributed by atoms with Gasteiger partial charge in [-0.1, -0.05) is 12.1 Å². The molecule has 3 heterocycles. The maximum Gasteiger partial charge on any atom is 0.251 e. The van der Waals surface area contributed by atoms with Crippen LogP contribution in [0, 0.1) is 0 Å². The minimum atomic E-state index is -0.209. The molecule has 0 fully saturated rings. The number of benzene rings is 1. The predicted molar refractivity (Wildman–Crippen MR) is 114 cm³/mol. The van der Waals surface area contributed by atoms with Gasteiger partial charge in [-0.25, -0.2) is 9.97 Å². The van der Waals surface area contributed by atoms with Crippen LogP contribution in [-0.4, -0.2) is 35.6 Å². The molecule has 156 valence electrons. The van der Waals surface area contributed by atoms with Gasteiger partial charge in [-0.05, 0) is 29.8 Å². The van der Waals surface area contributed by atoms with Crippen LogP contribution in [0.2, 0.25) is 0 Å². The van der Waals surface area contributed by atoms with E-state index in [-0.39, 0.29) is 11.5 Å². The van der Waals surface area contributed by atoms with Crippen molar-refractivity contribution in [2.45, 2.75) is 13.1 Å². The van der Waals surface area contributed by atoms with Crippen molar-refractivity contribution < 1.29 is 4.79 Å². The van der Waals surface area contributed by atoms with Crippen LogP contribution in [0.3, 0.4) is 0 Å². The van der Waals surface area contributed by atoms with Gasteiger partial charge in [0.15, 0.2) is 11.6 Å². The lowest BCUT2D eigenvalue weighted by molar-refractivity contribution is 0.0951. The van der Waals surface area contributed by atoms with Crippen LogP contribution >= 0.6 is 0 Å². The van der Waals surface area contributed by atoms with E-state index in [1.807, 2.05) is 17.7 Å². The number of anilines is 1. The van der Waals surface area contributed by atoms with Crippen molar-refractivity contribution >= 4 is 11.6 Å². The van der Waals surface area contributed by atoms with Gasteiger partial charge in [0.05, 0.1) is 6.54 Å². The van der Waals surface area contributed by atoms with Gasteiger partial charge in [-0.3, -0.25) is 9.59 Å². The number of carbonyl (C=O) groups excluding carboxylic acids is 1. The van der Waals surface area contributed by atoms with E-state index >= 15 is 0 Å². The number of aromatic amines is 1. The number of amides is 1. The Morgan fingerprint density at radius 2 is 2.03 bits per heavy atom. The number of nitrogens with zero attached hydrogens (tertiary/aromatic N) is 5. The van der Waals surface area contributed by atoms with Crippen molar-refractivity contribution in [2.75, 3.05) is 5.32 Å². The Morgan fingerprint density at radius 3 is 2.81 bits per heavy atom. The number of carbonyl (C=O) groups is 1. The summed E-state index contributed by atoms with van der Waals surface area (Å²) in [7, 11) is 1.87. The summed E-state index contributed by atoms with van der Waals surface area (Å²) in [5, 5.41) is 14.5. The summed E-state index contributed by atoms with van der Waals surface area (Å²) in [5.74, 6) is 1.16. The maximum absolute atomic E-state index is 12.5. The second-order valence-electron chi connectivity index (χ2n) is 6.77. The summed E-state index contributed by atoms with van der Waals surface area (Å²) in [6.07, 6.45) is 4.70. The number of H-pyrrole nitrogens is 1. The van der Waals surface area contributed by atoms with Gasteiger partial charge in [0.2, 0.25) is 5.56 Å². The SMILES string of the molecule is Cn1c(CNc2cccc(C(=O)NCc3ccc(=O)[nH]c3)c2)nnc1-c1ccncn1. The summed E-state index contributed by atoms with van der Waals surface area (Å²) in [4.78, 5) is 34.3. The fourth-order valence-electron chi connectivity index (χ4n) is 2.95. The first-order valence-electron chi connectivity index (χ1n) is 9.54. The molecule has 0 radical (unpaired) electrons. The van der Waals surface area contributed by atoms with Gasteiger partial charge in [0.1, 0.15) is 12.0 Å². The van der Waals surface area contributed by atoms with E-state index in [9.17, 15) is 9.59 Å². The molecule has 0 bridgehead atoms. The Kier molecular flexibility index (Phi) is 5.79. The van der Waals surface area contributed by atoms with Gasteiger partial charge in [0, 0.05) is 43.3 Å². The van der Waals surface area contributed by atoms with E-state index in [1.165, 1.54) is 12.4 Å². The molecular formula is C21H20N8O2. The zero-order chi connectivity index (χ0) is 21.6. The first kappa shape index (κ1) is 20.0. The normalized spacial score (nSPS) is 10.6. The Bertz CT molecular complexity index is 1230. The molecule has 0 saturated carbocycles. The highest BCUT2D eigenvalue weighted by Gasteiger charge is 2.12. The number of pyridine rings is 1. The van der Waals surface area contributed by atoms with Gasteiger partial charge in [-0.15, -0.1) is 10.2 Å². The van der Waals surface area contributed by atoms with E-state index in [4.69, 9.17) is 0 Å². The lowest BCUT2D eigenvalue weighted by atomic mass is 10.2. The Balaban J connectivity index is 1.39. The largest absolute Gasteiger partial charge is 0.378 e. The fraction of sp³-hybridized carbons (Fsp3) is 0.143. The van der Waals surface area contributed by atoms with Crippen molar-refractivity contribution in [1.82, 2.24) is 35.0 Å². The maximum atomic E-state index is 12.5. The Hall–Kier alpha value is -4.34. The number of aromatic nitrogens is 6. The van der Waals surface area contributed by atoms with E-state index in [0.717, 1.165) is 17.1 Å². The fourth-order valence-corrected chi connectivity index (χ4v) is 2.95. The first-order chi connectivity index (χ1) is 15.1. The average Bonchev–Trinajstić information content (AvgIpc) is 3.18. The molecule has 1 aromatic carbocycles. The van der Waals surface area contributed by atoms with Crippen molar-refractivity contribution in [2.24, 2.45) is 7.05 Å². The van der Waals surface area contributed by atoms with E-state index in [1.54, 1.807) is 42.7 Å². The third-order valence-electron chi connectivity index (χ3n) is 4.65. The molecule has 31 heavy (non-hydrogen) atoms. The molecule has 10 nitrogen and oxygen atoms in total. The lowest BCUT2D eigenvalue weighted by Gasteiger charge is -2.09. The van der Waals surface area contributed by atoms with E-state index in [0.29, 0.717) is 30.2 Å². The van der Waals surface area contributed by atoms with Crippen LogP contribution in [0.1, 0.15) is 21.7 Å². The molecule has 3 N–H and O–H groups in total.